The van der Waals surface area contributed by atoms with E-state index >= 15 is 0 Å². The number of aromatic hydroxyl groups is 1. The van der Waals surface area contributed by atoms with Gasteiger partial charge in [-0.1, -0.05) is 18.2 Å². The van der Waals surface area contributed by atoms with Gasteiger partial charge in [0.25, 0.3) is 0 Å². The normalized spacial score (nSPS) is 10.2. The molecule has 0 fully saturated rings. The zero-order valence-electron chi connectivity index (χ0n) is 8.18. The van der Waals surface area contributed by atoms with Crippen LogP contribution in [0, 0.1) is 0 Å². The Kier molecular flexibility index (Phi) is 2.77. The number of rotatable bonds is 0. The van der Waals surface area contributed by atoms with Gasteiger partial charge in [0.2, 0.25) is 0 Å². The first-order valence-corrected chi connectivity index (χ1v) is 4.69. The van der Waals surface area contributed by atoms with Gasteiger partial charge in [-0.05, 0) is 24.3 Å². The van der Waals surface area contributed by atoms with E-state index in [1.165, 1.54) is 0 Å². The molecule has 0 saturated heterocycles. The third-order valence-electron chi connectivity index (χ3n) is 2.35. The minimum Gasteiger partial charge on any atom is -0.506 e. The van der Waals surface area contributed by atoms with Crippen LogP contribution in [0.5, 0.6) is 5.75 Å². The Balaban J connectivity index is 0.000000963. The molecule has 4 heteroatoms. The number of aromatic nitrogens is 2. The van der Waals surface area contributed by atoms with E-state index in [9.17, 15) is 5.11 Å². The molecular formula is C12H8CuN2O. The Labute approximate surface area is 103 Å². The molecular weight excluding hydrogens is 252 g/mol. The Hall–Kier alpha value is -1.64. The van der Waals surface area contributed by atoms with Gasteiger partial charge in [-0.2, -0.15) is 0 Å². The van der Waals surface area contributed by atoms with E-state index in [2.05, 4.69) is 9.97 Å². The van der Waals surface area contributed by atoms with Crippen molar-refractivity contribution in [3.05, 3.63) is 42.5 Å². The van der Waals surface area contributed by atoms with E-state index in [0.29, 0.717) is 11.0 Å². The second-order valence-corrected chi connectivity index (χ2v) is 3.36. The molecule has 1 heterocycles. The van der Waals surface area contributed by atoms with Gasteiger partial charge in [0.05, 0.1) is 16.6 Å². The summed E-state index contributed by atoms with van der Waals surface area (Å²) in [5, 5.41) is 9.63. The monoisotopic (exact) mass is 259 g/mol. The molecule has 3 nitrogen and oxygen atoms in total. The summed E-state index contributed by atoms with van der Waals surface area (Å²) < 4.78 is 0. The molecule has 1 radical (unpaired) electrons. The largest absolute Gasteiger partial charge is 0.506 e. The fraction of sp³-hybridized carbons (Fsp3) is 0. The van der Waals surface area contributed by atoms with Crippen molar-refractivity contribution in [2.75, 3.05) is 0 Å². The van der Waals surface area contributed by atoms with Crippen molar-refractivity contribution < 1.29 is 22.2 Å². The average molecular weight is 260 g/mol. The molecule has 0 unspecified atom stereocenters. The van der Waals surface area contributed by atoms with Crippen LogP contribution in [-0.4, -0.2) is 15.1 Å². The van der Waals surface area contributed by atoms with E-state index in [1.807, 2.05) is 30.3 Å². The Bertz CT molecular complexity index is 655. The van der Waals surface area contributed by atoms with Crippen LogP contribution in [0.2, 0.25) is 0 Å². The molecule has 0 saturated carbocycles. The molecule has 0 amide bonds. The van der Waals surface area contributed by atoms with Crippen LogP contribution in [0.4, 0.5) is 0 Å². The number of phenols is 1. The summed E-state index contributed by atoms with van der Waals surface area (Å²) in [7, 11) is 0. The third kappa shape index (κ3) is 1.62. The maximum atomic E-state index is 9.63. The molecule has 0 aliphatic carbocycles. The van der Waals surface area contributed by atoms with Crippen LogP contribution < -0.4 is 0 Å². The van der Waals surface area contributed by atoms with Crippen molar-refractivity contribution in [3.63, 3.8) is 0 Å². The first-order valence-electron chi connectivity index (χ1n) is 4.69. The Morgan fingerprint density at radius 2 is 1.38 bits per heavy atom. The number of hydrogen-bond donors (Lipinski definition) is 1. The molecule has 16 heavy (non-hydrogen) atoms. The van der Waals surface area contributed by atoms with Crippen molar-refractivity contribution in [3.8, 4) is 5.75 Å². The van der Waals surface area contributed by atoms with Crippen molar-refractivity contribution in [1.29, 1.82) is 0 Å². The van der Waals surface area contributed by atoms with Gasteiger partial charge in [-0.3, -0.25) is 0 Å². The average Bonchev–Trinajstić information content (AvgIpc) is 2.27. The quantitative estimate of drug-likeness (QED) is 0.498. The predicted octanol–water partition coefficient (Wildman–Crippen LogP) is 2.49. The molecule has 2 aromatic carbocycles. The van der Waals surface area contributed by atoms with Crippen LogP contribution in [0.15, 0.2) is 42.5 Å². The Morgan fingerprint density at radius 3 is 2.12 bits per heavy atom. The van der Waals surface area contributed by atoms with E-state index < -0.39 is 0 Å². The second-order valence-electron chi connectivity index (χ2n) is 3.36. The summed E-state index contributed by atoms with van der Waals surface area (Å²) in [5.41, 5.74) is 2.91. The number of nitrogens with zero attached hydrogens (tertiary/aromatic N) is 2. The molecule has 0 atom stereocenters. The van der Waals surface area contributed by atoms with Crippen molar-refractivity contribution >= 4 is 22.1 Å². The minimum absolute atomic E-state index is 0. The number of fused-ring (bicyclic) bond motifs is 2. The second kappa shape index (κ2) is 4.08. The number of para-hydroxylation sites is 3. The molecule has 3 aromatic rings. The first kappa shape index (κ1) is 10.9. The summed E-state index contributed by atoms with van der Waals surface area (Å²) >= 11 is 0. The smallest absolute Gasteiger partial charge is 0.143 e. The molecule has 1 aromatic heterocycles. The topological polar surface area (TPSA) is 46.0 Å². The number of benzene rings is 2. The van der Waals surface area contributed by atoms with E-state index in [-0.39, 0.29) is 22.8 Å². The molecule has 0 aliphatic heterocycles. The standard InChI is InChI=1S/C12H8N2O.Cu/c15-11-7-3-6-10-12(11)14-9-5-2-1-4-8(9)13-10;/h1-7,15H;. The van der Waals surface area contributed by atoms with Crippen molar-refractivity contribution in [1.82, 2.24) is 9.97 Å². The molecule has 1 N–H and O–H groups in total. The maximum absolute atomic E-state index is 9.63. The maximum Gasteiger partial charge on any atom is 0.143 e. The van der Waals surface area contributed by atoms with E-state index in [0.717, 1.165) is 11.0 Å². The minimum atomic E-state index is 0. The van der Waals surface area contributed by atoms with Crippen LogP contribution in [-0.2, 0) is 17.1 Å². The van der Waals surface area contributed by atoms with Crippen molar-refractivity contribution in [2.45, 2.75) is 0 Å². The summed E-state index contributed by atoms with van der Waals surface area (Å²) in [6.07, 6.45) is 0. The molecule has 0 aliphatic rings. The van der Waals surface area contributed by atoms with Crippen LogP contribution in [0.3, 0.4) is 0 Å². The summed E-state index contributed by atoms with van der Waals surface area (Å²) in [5.74, 6) is 0.172. The predicted molar refractivity (Wildman–Crippen MR) is 58.7 cm³/mol. The third-order valence-corrected chi connectivity index (χ3v) is 2.35. The van der Waals surface area contributed by atoms with Crippen LogP contribution in [0.1, 0.15) is 0 Å². The van der Waals surface area contributed by atoms with Gasteiger partial charge in [-0.15, -0.1) is 0 Å². The summed E-state index contributed by atoms with van der Waals surface area (Å²) in [6.45, 7) is 0. The summed E-state index contributed by atoms with van der Waals surface area (Å²) in [4.78, 5) is 8.78. The zero-order valence-corrected chi connectivity index (χ0v) is 9.13. The van der Waals surface area contributed by atoms with E-state index in [4.69, 9.17) is 0 Å². The molecule has 3 rings (SSSR count). The van der Waals surface area contributed by atoms with Gasteiger partial charge in [0.1, 0.15) is 11.3 Å². The van der Waals surface area contributed by atoms with Crippen molar-refractivity contribution in [2.24, 2.45) is 0 Å². The summed E-state index contributed by atoms with van der Waals surface area (Å²) in [6, 6.07) is 12.8. The number of hydrogen-bond acceptors (Lipinski definition) is 3. The Morgan fingerprint density at radius 1 is 0.750 bits per heavy atom. The first-order chi connectivity index (χ1) is 7.34. The van der Waals surface area contributed by atoms with Gasteiger partial charge >= 0.3 is 0 Å². The van der Waals surface area contributed by atoms with Gasteiger partial charge in [-0.25, -0.2) is 9.97 Å². The fourth-order valence-corrected chi connectivity index (χ4v) is 1.63. The van der Waals surface area contributed by atoms with Crippen LogP contribution >= 0.6 is 0 Å². The van der Waals surface area contributed by atoms with Gasteiger partial charge in [0.15, 0.2) is 0 Å². The van der Waals surface area contributed by atoms with E-state index in [1.54, 1.807) is 12.1 Å². The number of phenolic OH excluding ortho intramolecular Hbond substituents is 1. The molecule has 83 valence electrons. The SMILES string of the molecule is Oc1cccc2nc3ccccc3nc12.[Cu]. The van der Waals surface area contributed by atoms with Gasteiger partial charge < -0.3 is 5.11 Å². The fourth-order valence-electron chi connectivity index (χ4n) is 1.63. The molecule has 0 spiro atoms. The van der Waals surface area contributed by atoms with Crippen LogP contribution in [0.25, 0.3) is 22.1 Å². The van der Waals surface area contributed by atoms with Gasteiger partial charge in [0, 0.05) is 17.1 Å². The zero-order chi connectivity index (χ0) is 10.3. The molecule has 0 bridgehead atoms.